The van der Waals surface area contributed by atoms with Gasteiger partial charge in [0, 0.05) is 30.0 Å². The van der Waals surface area contributed by atoms with Gasteiger partial charge in [-0.1, -0.05) is 30.3 Å². The Balaban J connectivity index is 1.91. The second-order valence-electron chi connectivity index (χ2n) is 4.55. The number of benzene rings is 2. The summed E-state index contributed by atoms with van der Waals surface area (Å²) >= 11 is 0. The van der Waals surface area contributed by atoms with Gasteiger partial charge in [-0.2, -0.15) is 0 Å². The van der Waals surface area contributed by atoms with Crippen molar-refractivity contribution in [1.82, 2.24) is 5.32 Å². The van der Waals surface area contributed by atoms with Gasteiger partial charge in [-0.05, 0) is 30.7 Å². The lowest BCUT2D eigenvalue weighted by atomic mass is 10.1. The van der Waals surface area contributed by atoms with Gasteiger partial charge in [0.1, 0.15) is 5.84 Å². The average molecular weight is 251 g/mol. The van der Waals surface area contributed by atoms with E-state index >= 15 is 0 Å². The molecule has 0 saturated heterocycles. The molecule has 3 nitrogen and oxygen atoms in total. The topological polar surface area (TPSA) is 36.4 Å². The molecule has 1 aliphatic rings. The SMILES string of the molecule is c1ccc(Nc2ccccc2C2=NCCCN2)cc1. The maximum Gasteiger partial charge on any atom is 0.130 e. The normalized spacial score (nSPS) is 14.4. The van der Waals surface area contributed by atoms with Crippen LogP contribution in [-0.4, -0.2) is 18.9 Å². The van der Waals surface area contributed by atoms with Crippen LogP contribution in [0.5, 0.6) is 0 Å². The monoisotopic (exact) mass is 251 g/mol. The van der Waals surface area contributed by atoms with Crippen LogP contribution in [0.15, 0.2) is 59.6 Å². The zero-order valence-electron chi connectivity index (χ0n) is 10.8. The Kier molecular flexibility index (Phi) is 3.45. The molecule has 0 aromatic heterocycles. The summed E-state index contributed by atoms with van der Waals surface area (Å²) in [4.78, 5) is 4.57. The molecular weight excluding hydrogens is 234 g/mol. The second kappa shape index (κ2) is 5.57. The summed E-state index contributed by atoms with van der Waals surface area (Å²) in [7, 11) is 0. The summed E-state index contributed by atoms with van der Waals surface area (Å²) in [5.41, 5.74) is 3.30. The maximum atomic E-state index is 4.57. The van der Waals surface area contributed by atoms with E-state index in [-0.39, 0.29) is 0 Å². The van der Waals surface area contributed by atoms with Crippen LogP contribution in [0, 0.1) is 0 Å². The molecule has 2 aromatic carbocycles. The highest BCUT2D eigenvalue weighted by molar-refractivity contribution is 6.04. The number of hydrogen-bond acceptors (Lipinski definition) is 3. The largest absolute Gasteiger partial charge is 0.370 e. The lowest BCUT2D eigenvalue weighted by Crippen LogP contribution is -2.30. The van der Waals surface area contributed by atoms with Crippen molar-refractivity contribution in [2.75, 3.05) is 18.4 Å². The predicted octanol–water partition coefficient (Wildman–Crippen LogP) is 3.17. The van der Waals surface area contributed by atoms with Crippen molar-refractivity contribution in [1.29, 1.82) is 0 Å². The standard InChI is InChI=1S/C16H17N3/c1-2-7-13(8-3-1)19-15-10-5-4-9-14(15)16-17-11-6-12-18-16/h1-5,7-10,19H,6,11-12H2,(H,17,18). The number of nitrogens with one attached hydrogen (secondary N) is 2. The Morgan fingerprint density at radius 2 is 1.74 bits per heavy atom. The fraction of sp³-hybridized carbons (Fsp3) is 0.188. The lowest BCUT2D eigenvalue weighted by molar-refractivity contribution is 0.742. The molecule has 0 radical (unpaired) electrons. The van der Waals surface area contributed by atoms with Crippen molar-refractivity contribution >= 4 is 17.2 Å². The smallest absolute Gasteiger partial charge is 0.130 e. The minimum Gasteiger partial charge on any atom is -0.370 e. The molecule has 0 unspecified atom stereocenters. The van der Waals surface area contributed by atoms with E-state index in [2.05, 4.69) is 39.9 Å². The number of nitrogens with zero attached hydrogens (tertiary/aromatic N) is 1. The number of hydrogen-bond donors (Lipinski definition) is 2. The van der Waals surface area contributed by atoms with Gasteiger partial charge in [-0.3, -0.25) is 4.99 Å². The first kappa shape index (κ1) is 11.8. The molecule has 2 N–H and O–H groups in total. The first-order valence-electron chi connectivity index (χ1n) is 6.63. The van der Waals surface area contributed by atoms with Crippen LogP contribution in [0.2, 0.25) is 0 Å². The summed E-state index contributed by atoms with van der Waals surface area (Å²) < 4.78 is 0. The average Bonchev–Trinajstić information content (AvgIpc) is 2.50. The van der Waals surface area contributed by atoms with Crippen molar-refractivity contribution in [3.05, 3.63) is 60.2 Å². The van der Waals surface area contributed by atoms with Gasteiger partial charge in [0.05, 0.1) is 0 Å². The summed E-state index contributed by atoms with van der Waals surface area (Å²) in [6, 6.07) is 18.5. The van der Waals surface area contributed by atoms with E-state index < -0.39 is 0 Å². The molecule has 3 rings (SSSR count). The van der Waals surface area contributed by atoms with Gasteiger partial charge >= 0.3 is 0 Å². The fourth-order valence-electron chi connectivity index (χ4n) is 2.19. The molecule has 0 spiro atoms. The molecule has 2 aromatic rings. The summed E-state index contributed by atoms with van der Waals surface area (Å²) in [5, 5.41) is 6.82. The first-order valence-corrected chi connectivity index (χ1v) is 6.63. The number of rotatable bonds is 3. The van der Waals surface area contributed by atoms with Gasteiger partial charge in [0.2, 0.25) is 0 Å². The van der Waals surface area contributed by atoms with E-state index in [0.29, 0.717) is 0 Å². The minimum absolute atomic E-state index is 0.905. The van der Waals surface area contributed by atoms with E-state index in [4.69, 9.17) is 0 Å². The van der Waals surface area contributed by atoms with Crippen molar-refractivity contribution in [3.8, 4) is 0 Å². The molecule has 3 heteroatoms. The summed E-state index contributed by atoms with van der Waals surface area (Å²) in [6.45, 7) is 1.90. The highest BCUT2D eigenvalue weighted by Gasteiger charge is 2.11. The number of aliphatic imine (C=N–C) groups is 1. The Bertz CT molecular complexity index is 576. The first-order chi connectivity index (χ1) is 9.43. The number of para-hydroxylation sites is 2. The Morgan fingerprint density at radius 1 is 0.947 bits per heavy atom. The molecule has 1 heterocycles. The van der Waals surface area contributed by atoms with Crippen LogP contribution < -0.4 is 10.6 Å². The summed E-state index contributed by atoms with van der Waals surface area (Å²) in [5.74, 6) is 0.991. The molecule has 96 valence electrons. The van der Waals surface area contributed by atoms with Crippen LogP contribution in [0.25, 0.3) is 0 Å². The van der Waals surface area contributed by atoms with Crippen molar-refractivity contribution in [2.45, 2.75) is 6.42 Å². The Labute approximate surface area is 113 Å². The van der Waals surface area contributed by atoms with Gasteiger partial charge < -0.3 is 10.6 Å². The molecule has 0 atom stereocenters. The van der Waals surface area contributed by atoms with E-state index in [0.717, 1.165) is 42.3 Å². The number of anilines is 2. The van der Waals surface area contributed by atoms with E-state index in [9.17, 15) is 0 Å². The van der Waals surface area contributed by atoms with Crippen LogP contribution in [-0.2, 0) is 0 Å². The highest BCUT2D eigenvalue weighted by Crippen LogP contribution is 2.21. The summed E-state index contributed by atoms with van der Waals surface area (Å²) in [6.07, 6.45) is 1.11. The lowest BCUT2D eigenvalue weighted by Gasteiger charge is -2.18. The molecule has 0 fully saturated rings. The third-order valence-electron chi connectivity index (χ3n) is 3.13. The predicted molar refractivity (Wildman–Crippen MR) is 80.2 cm³/mol. The van der Waals surface area contributed by atoms with Gasteiger partial charge in [0.25, 0.3) is 0 Å². The second-order valence-corrected chi connectivity index (χ2v) is 4.55. The van der Waals surface area contributed by atoms with Crippen LogP contribution >= 0.6 is 0 Å². The van der Waals surface area contributed by atoms with E-state index in [1.165, 1.54) is 0 Å². The zero-order valence-corrected chi connectivity index (χ0v) is 10.8. The molecule has 0 bridgehead atoms. The molecule has 19 heavy (non-hydrogen) atoms. The van der Waals surface area contributed by atoms with Gasteiger partial charge in [0.15, 0.2) is 0 Å². The molecule has 1 aliphatic heterocycles. The molecule has 0 aliphatic carbocycles. The third-order valence-corrected chi connectivity index (χ3v) is 3.13. The van der Waals surface area contributed by atoms with Crippen LogP contribution in [0.3, 0.4) is 0 Å². The minimum atomic E-state index is 0.905. The van der Waals surface area contributed by atoms with Crippen molar-refractivity contribution in [3.63, 3.8) is 0 Å². The number of amidine groups is 1. The maximum absolute atomic E-state index is 4.57. The fourth-order valence-corrected chi connectivity index (χ4v) is 2.19. The zero-order chi connectivity index (χ0) is 12.9. The molecule has 0 amide bonds. The van der Waals surface area contributed by atoms with Crippen molar-refractivity contribution < 1.29 is 0 Å². The van der Waals surface area contributed by atoms with E-state index in [1.807, 2.05) is 30.3 Å². The quantitative estimate of drug-likeness (QED) is 0.879. The Morgan fingerprint density at radius 3 is 2.53 bits per heavy atom. The Hall–Kier alpha value is -2.29. The molecular formula is C16H17N3. The van der Waals surface area contributed by atoms with Crippen molar-refractivity contribution in [2.24, 2.45) is 4.99 Å². The third kappa shape index (κ3) is 2.76. The molecule has 0 saturated carbocycles. The van der Waals surface area contributed by atoms with Gasteiger partial charge in [-0.15, -0.1) is 0 Å². The van der Waals surface area contributed by atoms with Crippen LogP contribution in [0.4, 0.5) is 11.4 Å². The van der Waals surface area contributed by atoms with Crippen LogP contribution in [0.1, 0.15) is 12.0 Å². The van der Waals surface area contributed by atoms with E-state index in [1.54, 1.807) is 0 Å². The highest BCUT2D eigenvalue weighted by atomic mass is 15.0. The van der Waals surface area contributed by atoms with Gasteiger partial charge in [-0.25, -0.2) is 0 Å².